The second-order valence-electron chi connectivity index (χ2n) is 7.28. The molecule has 4 aromatic rings. The van der Waals surface area contributed by atoms with Gasteiger partial charge in [0.25, 0.3) is 0 Å². The van der Waals surface area contributed by atoms with Crippen LogP contribution in [0, 0.1) is 5.92 Å². The highest BCUT2D eigenvalue weighted by Gasteiger charge is 2.27. The lowest BCUT2D eigenvalue weighted by Gasteiger charge is -2.32. The summed E-state index contributed by atoms with van der Waals surface area (Å²) in [4.78, 5) is 23.2. The molecule has 1 unspecified atom stereocenters. The van der Waals surface area contributed by atoms with Gasteiger partial charge in [-0.3, -0.25) is 9.78 Å². The summed E-state index contributed by atoms with van der Waals surface area (Å²) in [5, 5.41) is 16.7. The molecule has 9 nitrogen and oxygen atoms in total. The van der Waals surface area contributed by atoms with Crippen molar-refractivity contribution >= 4 is 28.3 Å². The molecule has 3 aromatic heterocycles. The van der Waals surface area contributed by atoms with E-state index in [9.17, 15) is 4.79 Å². The number of carbonyl (C=O) groups is 1. The predicted molar refractivity (Wildman–Crippen MR) is 112 cm³/mol. The van der Waals surface area contributed by atoms with Crippen LogP contribution in [-0.2, 0) is 4.79 Å². The lowest BCUT2D eigenvalue weighted by molar-refractivity contribution is -0.120. The van der Waals surface area contributed by atoms with E-state index in [1.54, 1.807) is 17.2 Å². The number of aromatic nitrogens is 6. The third-order valence-corrected chi connectivity index (χ3v) is 5.28. The van der Waals surface area contributed by atoms with Crippen LogP contribution < -0.4 is 10.2 Å². The molecule has 4 heterocycles. The molecule has 0 spiro atoms. The first-order valence-corrected chi connectivity index (χ1v) is 9.85. The van der Waals surface area contributed by atoms with Crippen LogP contribution in [0.2, 0.25) is 0 Å². The van der Waals surface area contributed by atoms with Crippen LogP contribution in [0.1, 0.15) is 12.8 Å². The van der Waals surface area contributed by atoms with Crippen molar-refractivity contribution in [3.05, 3.63) is 61.3 Å². The Labute approximate surface area is 172 Å². The van der Waals surface area contributed by atoms with Gasteiger partial charge in [-0.1, -0.05) is 6.07 Å². The van der Waals surface area contributed by atoms with E-state index in [1.165, 1.54) is 6.33 Å². The fourth-order valence-corrected chi connectivity index (χ4v) is 3.73. The average Bonchev–Trinajstić information content (AvgIpc) is 3.34. The van der Waals surface area contributed by atoms with E-state index < -0.39 is 0 Å². The Hall–Kier alpha value is -3.88. The van der Waals surface area contributed by atoms with Gasteiger partial charge in [-0.25, -0.2) is 9.67 Å². The Morgan fingerprint density at radius 1 is 1.10 bits per heavy atom. The van der Waals surface area contributed by atoms with Crippen molar-refractivity contribution < 1.29 is 4.79 Å². The lowest BCUT2D eigenvalue weighted by Crippen LogP contribution is -2.41. The molecule has 1 aliphatic heterocycles. The maximum Gasteiger partial charge on any atom is 0.229 e. The zero-order valence-electron chi connectivity index (χ0n) is 16.2. The van der Waals surface area contributed by atoms with Crippen molar-refractivity contribution in [3.8, 4) is 5.82 Å². The number of nitrogens with one attached hydrogen (secondary N) is 1. The number of anilines is 2. The first-order valence-electron chi connectivity index (χ1n) is 9.85. The molecule has 1 N–H and O–H groups in total. The van der Waals surface area contributed by atoms with Crippen LogP contribution in [-0.4, -0.2) is 48.9 Å². The number of hydrogen-bond donors (Lipinski definition) is 1. The smallest absolute Gasteiger partial charge is 0.229 e. The fourth-order valence-electron chi connectivity index (χ4n) is 3.73. The highest BCUT2D eigenvalue weighted by Crippen LogP contribution is 2.24. The maximum absolute atomic E-state index is 12.9. The molecule has 0 aliphatic carbocycles. The standard InChI is InChI=1S/C21H20N8O/c30-21(25-17-5-6-18-15(11-17)3-1-9-23-18)16-4-2-10-28(12-16)19-7-8-20(27-26-19)29-14-22-13-24-29/h1,3,5-9,11,13-14,16H,2,4,10,12H2,(H,25,30). The van der Waals surface area contributed by atoms with Gasteiger partial charge >= 0.3 is 0 Å². The molecular weight excluding hydrogens is 380 g/mol. The summed E-state index contributed by atoms with van der Waals surface area (Å²) < 4.78 is 1.56. The first-order chi connectivity index (χ1) is 14.8. The van der Waals surface area contributed by atoms with Crippen LogP contribution in [0.15, 0.2) is 61.3 Å². The topological polar surface area (TPSA) is 102 Å². The van der Waals surface area contributed by atoms with Crippen molar-refractivity contribution in [2.75, 3.05) is 23.3 Å². The van der Waals surface area contributed by atoms with Crippen LogP contribution >= 0.6 is 0 Å². The van der Waals surface area contributed by atoms with Crippen molar-refractivity contribution in [3.63, 3.8) is 0 Å². The summed E-state index contributed by atoms with van der Waals surface area (Å²) in [6, 6.07) is 13.4. The van der Waals surface area contributed by atoms with Crippen LogP contribution in [0.4, 0.5) is 11.5 Å². The van der Waals surface area contributed by atoms with Gasteiger partial charge in [-0.15, -0.1) is 10.2 Å². The van der Waals surface area contributed by atoms with Crippen molar-refractivity contribution in [2.45, 2.75) is 12.8 Å². The maximum atomic E-state index is 12.9. The highest BCUT2D eigenvalue weighted by atomic mass is 16.1. The van der Waals surface area contributed by atoms with Crippen molar-refractivity contribution in [1.82, 2.24) is 29.9 Å². The number of carbonyl (C=O) groups excluding carboxylic acids is 1. The number of pyridine rings is 1. The number of benzene rings is 1. The number of nitrogens with zero attached hydrogens (tertiary/aromatic N) is 7. The van der Waals surface area contributed by atoms with E-state index in [4.69, 9.17) is 0 Å². The van der Waals surface area contributed by atoms with Gasteiger partial charge in [-0.05, 0) is 49.2 Å². The van der Waals surface area contributed by atoms with Gasteiger partial charge in [-0.2, -0.15) is 5.10 Å². The predicted octanol–water partition coefficient (Wildman–Crippen LogP) is 2.46. The van der Waals surface area contributed by atoms with Crippen LogP contribution in [0.5, 0.6) is 0 Å². The molecule has 5 rings (SSSR count). The highest BCUT2D eigenvalue weighted by molar-refractivity contribution is 5.95. The van der Waals surface area contributed by atoms with Crippen molar-refractivity contribution in [2.24, 2.45) is 5.92 Å². The summed E-state index contributed by atoms with van der Waals surface area (Å²) in [5.41, 5.74) is 1.70. The first kappa shape index (κ1) is 18.2. The second-order valence-corrected chi connectivity index (χ2v) is 7.28. The van der Waals surface area contributed by atoms with E-state index in [0.717, 1.165) is 41.8 Å². The summed E-state index contributed by atoms with van der Waals surface area (Å²) >= 11 is 0. The molecule has 1 amide bonds. The Balaban J connectivity index is 1.26. The molecule has 1 atom stereocenters. The Bertz CT molecular complexity index is 1160. The number of amides is 1. The number of hydrogen-bond acceptors (Lipinski definition) is 7. The van der Waals surface area contributed by atoms with Crippen LogP contribution in [0.25, 0.3) is 16.7 Å². The summed E-state index contributed by atoms with van der Waals surface area (Å²) in [5.74, 6) is 1.27. The Morgan fingerprint density at radius 3 is 2.83 bits per heavy atom. The monoisotopic (exact) mass is 400 g/mol. The molecule has 9 heteroatoms. The number of fused-ring (bicyclic) bond motifs is 1. The van der Waals surface area contributed by atoms with Gasteiger partial charge in [0, 0.05) is 30.4 Å². The zero-order valence-corrected chi connectivity index (χ0v) is 16.2. The Kier molecular flexibility index (Phi) is 4.76. The van der Waals surface area contributed by atoms with Gasteiger partial charge in [0.05, 0.1) is 11.4 Å². The van der Waals surface area contributed by atoms with Gasteiger partial charge in [0.15, 0.2) is 11.6 Å². The molecule has 0 bridgehead atoms. The van der Waals surface area contributed by atoms with Gasteiger partial charge in [0.2, 0.25) is 5.91 Å². The molecule has 1 fully saturated rings. The largest absolute Gasteiger partial charge is 0.354 e. The molecule has 150 valence electrons. The van der Waals surface area contributed by atoms with Gasteiger partial charge in [0.1, 0.15) is 12.7 Å². The fraction of sp³-hybridized carbons (Fsp3) is 0.238. The minimum Gasteiger partial charge on any atom is -0.354 e. The minimum atomic E-state index is -0.111. The summed E-state index contributed by atoms with van der Waals surface area (Å²) in [6.45, 7) is 1.46. The molecule has 1 aliphatic rings. The number of piperidine rings is 1. The number of rotatable bonds is 4. The molecular formula is C21H20N8O. The quantitative estimate of drug-likeness (QED) is 0.561. The molecule has 0 saturated carbocycles. The molecule has 0 radical (unpaired) electrons. The summed E-state index contributed by atoms with van der Waals surface area (Å²) in [7, 11) is 0. The van der Waals surface area contributed by atoms with E-state index in [2.05, 4.69) is 35.5 Å². The minimum absolute atomic E-state index is 0.0233. The van der Waals surface area contributed by atoms with E-state index >= 15 is 0 Å². The molecule has 30 heavy (non-hydrogen) atoms. The van der Waals surface area contributed by atoms with E-state index in [0.29, 0.717) is 12.4 Å². The normalized spacial score (nSPS) is 16.5. The zero-order chi connectivity index (χ0) is 20.3. The third kappa shape index (κ3) is 3.69. The lowest BCUT2D eigenvalue weighted by atomic mass is 9.97. The van der Waals surface area contributed by atoms with Gasteiger partial charge < -0.3 is 10.2 Å². The second kappa shape index (κ2) is 7.86. The third-order valence-electron chi connectivity index (χ3n) is 5.28. The SMILES string of the molecule is O=C(Nc1ccc2ncccc2c1)C1CCCN(c2ccc(-n3cncn3)nn2)C1. The molecule has 1 saturated heterocycles. The van der Waals surface area contributed by atoms with E-state index in [-0.39, 0.29) is 11.8 Å². The summed E-state index contributed by atoms with van der Waals surface area (Å²) in [6.07, 6.45) is 6.57. The van der Waals surface area contributed by atoms with E-state index in [1.807, 2.05) is 42.5 Å². The molecule has 1 aromatic carbocycles. The van der Waals surface area contributed by atoms with Crippen molar-refractivity contribution in [1.29, 1.82) is 0 Å². The average molecular weight is 400 g/mol. The van der Waals surface area contributed by atoms with Crippen LogP contribution in [0.3, 0.4) is 0 Å². The Morgan fingerprint density at radius 2 is 2.00 bits per heavy atom.